The minimum absolute atomic E-state index is 0.155. The summed E-state index contributed by atoms with van der Waals surface area (Å²) < 4.78 is 32.7. The summed E-state index contributed by atoms with van der Waals surface area (Å²) in [5.74, 6) is -0.777. The van der Waals surface area contributed by atoms with Crippen molar-refractivity contribution < 1.29 is 27.5 Å². The van der Waals surface area contributed by atoms with E-state index in [9.17, 15) is 22.8 Å². The highest BCUT2D eigenvalue weighted by molar-refractivity contribution is 7.89. The molecule has 0 radical (unpaired) electrons. The van der Waals surface area contributed by atoms with Gasteiger partial charge in [-0.2, -0.15) is 4.31 Å². The fourth-order valence-electron chi connectivity index (χ4n) is 4.61. The van der Waals surface area contributed by atoms with Crippen LogP contribution >= 0.6 is 11.3 Å². The number of anilines is 1. The third-order valence-corrected chi connectivity index (χ3v) is 9.63. The summed E-state index contributed by atoms with van der Waals surface area (Å²) in [6, 6.07) is 5.86. The first-order chi connectivity index (χ1) is 17.8. The molecule has 3 amide bonds. The van der Waals surface area contributed by atoms with E-state index in [1.807, 2.05) is 0 Å². The predicted molar refractivity (Wildman–Crippen MR) is 140 cm³/mol. The molecule has 2 aliphatic rings. The summed E-state index contributed by atoms with van der Waals surface area (Å²) in [5.41, 5.74) is 1.47. The number of thiophene rings is 1. The van der Waals surface area contributed by atoms with Gasteiger partial charge in [-0.25, -0.2) is 13.2 Å². The second-order valence-electron chi connectivity index (χ2n) is 8.95. The quantitative estimate of drug-likeness (QED) is 0.570. The normalized spacial score (nSPS) is 16.4. The molecular formula is C25H32N4O6S2. The van der Waals surface area contributed by atoms with Crippen LogP contribution in [0, 0.1) is 0 Å². The minimum Gasteiger partial charge on any atom is -0.450 e. The molecule has 1 aromatic heterocycles. The summed E-state index contributed by atoms with van der Waals surface area (Å²) >= 11 is 1.25. The topological polar surface area (TPSA) is 125 Å². The average molecular weight is 549 g/mol. The van der Waals surface area contributed by atoms with Crippen molar-refractivity contribution in [1.29, 1.82) is 0 Å². The number of carbonyl (C=O) groups excluding carboxylic acids is 3. The van der Waals surface area contributed by atoms with Gasteiger partial charge in [0.1, 0.15) is 5.00 Å². The number of amides is 3. The van der Waals surface area contributed by atoms with Crippen LogP contribution in [0.25, 0.3) is 0 Å². The lowest BCUT2D eigenvalue weighted by Crippen LogP contribution is -2.36. The third kappa shape index (κ3) is 5.81. The van der Waals surface area contributed by atoms with E-state index in [1.165, 1.54) is 47.0 Å². The molecule has 200 valence electrons. The minimum atomic E-state index is -3.62. The van der Waals surface area contributed by atoms with Crippen LogP contribution < -0.4 is 10.6 Å². The predicted octanol–water partition coefficient (Wildman–Crippen LogP) is 3.44. The van der Waals surface area contributed by atoms with Crippen LogP contribution in [0.15, 0.2) is 29.2 Å². The maximum absolute atomic E-state index is 13.1. The number of sulfonamides is 1. The molecule has 12 heteroatoms. The number of benzene rings is 1. The van der Waals surface area contributed by atoms with Crippen LogP contribution in [0.4, 0.5) is 9.80 Å². The number of nitrogens with zero attached hydrogens (tertiary/aromatic N) is 2. The highest BCUT2D eigenvalue weighted by Crippen LogP contribution is 2.37. The van der Waals surface area contributed by atoms with E-state index in [4.69, 9.17) is 4.74 Å². The molecule has 1 aromatic carbocycles. The zero-order valence-corrected chi connectivity index (χ0v) is 22.7. The molecule has 4 rings (SSSR count). The fourth-order valence-corrected chi connectivity index (χ4v) is 7.38. The Morgan fingerprint density at radius 1 is 1.00 bits per heavy atom. The lowest BCUT2D eigenvalue weighted by molar-refractivity contribution is 0.0961. The van der Waals surface area contributed by atoms with Crippen molar-refractivity contribution in [3.63, 3.8) is 0 Å². The van der Waals surface area contributed by atoms with E-state index >= 15 is 0 Å². The molecule has 0 aliphatic carbocycles. The Balaban J connectivity index is 1.53. The van der Waals surface area contributed by atoms with E-state index in [1.54, 1.807) is 11.8 Å². The largest absolute Gasteiger partial charge is 0.450 e. The van der Waals surface area contributed by atoms with Gasteiger partial charge in [-0.3, -0.25) is 9.59 Å². The van der Waals surface area contributed by atoms with Gasteiger partial charge in [-0.05, 0) is 56.0 Å². The van der Waals surface area contributed by atoms with Crippen molar-refractivity contribution in [2.45, 2.75) is 50.5 Å². The van der Waals surface area contributed by atoms with Crippen LogP contribution in [0.3, 0.4) is 0 Å². The number of hydrogen-bond donors (Lipinski definition) is 2. The van der Waals surface area contributed by atoms with E-state index in [-0.39, 0.29) is 23.0 Å². The number of hydrogen-bond acceptors (Lipinski definition) is 7. The van der Waals surface area contributed by atoms with Gasteiger partial charge in [0, 0.05) is 37.1 Å². The standard InChI is InChI=1S/C25H32N4O6S2/c1-3-35-25(32)28-15-12-19-20(16-28)36-24(21(19)23(31)26-2)27-22(30)17-8-10-18(11-9-17)37(33,34)29-13-6-4-5-7-14-29/h8-11H,3-7,12-16H2,1-2H3,(H,26,31)(H,27,30). The van der Waals surface area contributed by atoms with Gasteiger partial charge in [0.2, 0.25) is 10.0 Å². The molecule has 3 heterocycles. The Bertz CT molecular complexity index is 1260. The van der Waals surface area contributed by atoms with Crippen molar-refractivity contribution in [1.82, 2.24) is 14.5 Å². The van der Waals surface area contributed by atoms with Gasteiger partial charge in [0.05, 0.1) is 23.6 Å². The molecule has 0 unspecified atom stereocenters. The van der Waals surface area contributed by atoms with Crippen LogP contribution in [-0.4, -0.2) is 68.8 Å². The SMILES string of the molecule is CCOC(=O)N1CCc2c(sc(NC(=O)c3ccc(S(=O)(=O)N4CCCCCC4)cc3)c2C(=O)NC)C1. The molecule has 37 heavy (non-hydrogen) atoms. The molecule has 0 saturated carbocycles. The zero-order valence-electron chi connectivity index (χ0n) is 21.0. The van der Waals surface area contributed by atoms with E-state index < -0.39 is 22.0 Å². The second kappa shape index (κ2) is 11.6. The molecule has 0 bridgehead atoms. The van der Waals surface area contributed by atoms with Gasteiger partial charge in [0.15, 0.2) is 0 Å². The first-order valence-corrected chi connectivity index (χ1v) is 14.7. The number of rotatable bonds is 6. The first-order valence-electron chi connectivity index (χ1n) is 12.5. The van der Waals surface area contributed by atoms with Crippen molar-refractivity contribution in [3.8, 4) is 0 Å². The second-order valence-corrected chi connectivity index (χ2v) is 12.0. The highest BCUT2D eigenvalue weighted by Gasteiger charge is 2.31. The average Bonchev–Trinajstić information content (AvgIpc) is 3.05. The number of carbonyl (C=O) groups is 3. The maximum atomic E-state index is 13.1. The number of fused-ring (bicyclic) bond motifs is 1. The molecule has 1 saturated heterocycles. The molecular weight excluding hydrogens is 516 g/mol. The van der Waals surface area contributed by atoms with Crippen molar-refractivity contribution in [2.24, 2.45) is 0 Å². The summed E-state index contributed by atoms with van der Waals surface area (Å²) in [6.45, 7) is 3.73. The maximum Gasteiger partial charge on any atom is 0.410 e. The Morgan fingerprint density at radius 3 is 2.30 bits per heavy atom. The number of ether oxygens (including phenoxy) is 1. The smallest absolute Gasteiger partial charge is 0.410 e. The highest BCUT2D eigenvalue weighted by atomic mass is 32.2. The molecule has 2 aromatic rings. The van der Waals surface area contributed by atoms with Gasteiger partial charge in [0.25, 0.3) is 11.8 Å². The fraction of sp³-hybridized carbons (Fsp3) is 0.480. The van der Waals surface area contributed by atoms with Gasteiger partial charge < -0.3 is 20.3 Å². The van der Waals surface area contributed by atoms with Crippen LogP contribution in [0.1, 0.15) is 63.8 Å². The van der Waals surface area contributed by atoms with Crippen LogP contribution in [0.5, 0.6) is 0 Å². The molecule has 2 aliphatic heterocycles. The van der Waals surface area contributed by atoms with E-state index in [2.05, 4.69) is 10.6 Å². The summed E-state index contributed by atoms with van der Waals surface area (Å²) in [6.07, 6.45) is 3.79. The number of nitrogens with one attached hydrogen (secondary N) is 2. The van der Waals surface area contributed by atoms with Crippen molar-refractivity contribution >= 4 is 44.3 Å². The van der Waals surface area contributed by atoms with Gasteiger partial charge in [-0.1, -0.05) is 12.8 Å². The Labute approximate surface area is 221 Å². The monoisotopic (exact) mass is 548 g/mol. The third-order valence-electron chi connectivity index (χ3n) is 6.58. The Hall–Kier alpha value is -2.96. The Kier molecular flexibility index (Phi) is 8.50. The van der Waals surface area contributed by atoms with Crippen LogP contribution in [0.2, 0.25) is 0 Å². The molecule has 10 nitrogen and oxygen atoms in total. The Morgan fingerprint density at radius 2 is 1.68 bits per heavy atom. The lowest BCUT2D eigenvalue weighted by Gasteiger charge is -2.26. The molecule has 0 spiro atoms. The van der Waals surface area contributed by atoms with E-state index in [0.717, 1.165) is 36.1 Å². The van der Waals surface area contributed by atoms with Crippen LogP contribution in [-0.2, 0) is 27.7 Å². The lowest BCUT2D eigenvalue weighted by atomic mass is 10.0. The van der Waals surface area contributed by atoms with Crippen molar-refractivity contribution in [2.75, 3.05) is 38.6 Å². The summed E-state index contributed by atoms with van der Waals surface area (Å²) in [7, 11) is -2.10. The molecule has 1 fully saturated rings. The van der Waals surface area contributed by atoms with Gasteiger partial charge in [-0.15, -0.1) is 11.3 Å². The summed E-state index contributed by atoms with van der Waals surface area (Å²) in [5, 5.41) is 5.84. The molecule has 2 N–H and O–H groups in total. The van der Waals surface area contributed by atoms with Gasteiger partial charge >= 0.3 is 6.09 Å². The van der Waals surface area contributed by atoms with Crippen molar-refractivity contribution in [3.05, 3.63) is 45.8 Å². The zero-order chi connectivity index (χ0) is 26.6. The van der Waals surface area contributed by atoms with E-state index in [0.29, 0.717) is 43.2 Å². The first kappa shape index (κ1) is 27.1. The molecule has 0 atom stereocenters. The summed E-state index contributed by atoms with van der Waals surface area (Å²) in [4.78, 5) is 40.5.